The van der Waals surface area contributed by atoms with Gasteiger partial charge in [-0.25, -0.2) is 4.98 Å². The van der Waals surface area contributed by atoms with Gasteiger partial charge in [0.05, 0.1) is 5.69 Å². The number of rotatable bonds is 3. The van der Waals surface area contributed by atoms with E-state index in [0.717, 1.165) is 20.3 Å². The molecule has 1 heterocycles. The van der Waals surface area contributed by atoms with E-state index in [-0.39, 0.29) is 5.91 Å². The zero-order valence-electron chi connectivity index (χ0n) is 11.0. The van der Waals surface area contributed by atoms with Crippen molar-refractivity contribution >= 4 is 49.3 Å². The summed E-state index contributed by atoms with van der Waals surface area (Å²) in [5.41, 5.74) is 2.08. The summed E-state index contributed by atoms with van der Waals surface area (Å²) in [4.78, 5) is 16.5. The van der Waals surface area contributed by atoms with Crippen molar-refractivity contribution in [2.75, 3.05) is 17.7 Å². The van der Waals surface area contributed by atoms with Gasteiger partial charge in [0.1, 0.15) is 5.82 Å². The van der Waals surface area contributed by atoms with Crippen LogP contribution < -0.4 is 10.6 Å². The minimum atomic E-state index is -0.171. The lowest BCUT2D eigenvalue weighted by atomic mass is 10.2. The van der Waals surface area contributed by atoms with Crippen LogP contribution in [-0.2, 0) is 0 Å². The molecule has 104 valence electrons. The Bertz CT molecular complexity index is 659. The van der Waals surface area contributed by atoms with Crippen molar-refractivity contribution in [3.63, 3.8) is 0 Å². The molecule has 1 aromatic carbocycles. The molecule has 2 aromatic rings. The molecular weight excluding hydrogens is 386 g/mol. The summed E-state index contributed by atoms with van der Waals surface area (Å²) in [5.74, 6) is 0.500. The third-order valence-electron chi connectivity index (χ3n) is 2.65. The summed E-state index contributed by atoms with van der Waals surface area (Å²) in [6.45, 7) is 1.85. The zero-order chi connectivity index (χ0) is 14.7. The smallest absolute Gasteiger partial charge is 0.255 e. The summed E-state index contributed by atoms with van der Waals surface area (Å²) in [6.07, 6.45) is 0. The first-order valence-electron chi connectivity index (χ1n) is 5.92. The van der Waals surface area contributed by atoms with Crippen molar-refractivity contribution in [3.8, 4) is 0 Å². The highest BCUT2D eigenvalue weighted by atomic mass is 79.9. The molecule has 0 saturated heterocycles. The topological polar surface area (TPSA) is 54.0 Å². The van der Waals surface area contributed by atoms with Crippen molar-refractivity contribution < 1.29 is 4.79 Å². The number of halogens is 2. The first-order chi connectivity index (χ1) is 9.49. The number of pyridine rings is 1. The van der Waals surface area contributed by atoms with E-state index in [0.29, 0.717) is 11.4 Å². The van der Waals surface area contributed by atoms with E-state index < -0.39 is 0 Å². The third-order valence-corrected chi connectivity index (χ3v) is 3.80. The molecule has 2 rings (SSSR count). The van der Waals surface area contributed by atoms with Gasteiger partial charge in [-0.15, -0.1) is 0 Å². The molecule has 4 nitrogen and oxygen atoms in total. The monoisotopic (exact) mass is 397 g/mol. The lowest BCUT2D eigenvalue weighted by Crippen LogP contribution is -2.13. The molecule has 0 aliphatic carbocycles. The van der Waals surface area contributed by atoms with E-state index in [1.165, 1.54) is 0 Å². The Morgan fingerprint density at radius 1 is 1.20 bits per heavy atom. The average Bonchev–Trinajstić information content (AvgIpc) is 2.41. The van der Waals surface area contributed by atoms with E-state index in [1.807, 2.05) is 25.1 Å². The summed E-state index contributed by atoms with van der Waals surface area (Å²) in [6, 6.07) is 9.06. The van der Waals surface area contributed by atoms with Crippen LogP contribution in [-0.4, -0.2) is 17.9 Å². The number of amides is 1. The molecule has 0 spiro atoms. The molecule has 0 radical (unpaired) electrons. The second-order valence-electron chi connectivity index (χ2n) is 4.21. The summed E-state index contributed by atoms with van der Waals surface area (Å²) in [7, 11) is 1.77. The van der Waals surface area contributed by atoms with Crippen LogP contribution in [0.1, 0.15) is 16.1 Å². The van der Waals surface area contributed by atoms with Gasteiger partial charge in [-0.2, -0.15) is 0 Å². The zero-order valence-corrected chi connectivity index (χ0v) is 14.2. The maximum atomic E-state index is 12.3. The molecule has 0 unspecified atom stereocenters. The maximum Gasteiger partial charge on any atom is 0.255 e. The Morgan fingerprint density at radius 3 is 2.60 bits per heavy atom. The quantitative estimate of drug-likeness (QED) is 0.814. The van der Waals surface area contributed by atoms with Crippen LogP contribution in [0.5, 0.6) is 0 Å². The highest BCUT2D eigenvalue weighted by molar-refractivity contribution is 9.11. The second kappa shape index (κ2) is 6.37. The maximum absolute atomic E-state index is 12.3. The van der Waals surface area contributed by atoms with Crippen LogP contribution in [0.3, 0.4) is 0 Å². The van der Waals surface area contributed by atoms with Gasteiger partial charge in [-0.3, -0.25) is 4.79 Å². The van der Waals surface area contributed by atoms with Gasteiger partial charge in [-0.1, -0.05) is 15.9 Å². The fraction of sp³-hybridized carbons (Fsp3) is 0.143. The van der Waals surface area contributed by atoms with Gasteiger partial charge in [0.25, 0.3) is 5.91 Å². The standard InChI is InChI=1S/C14H13Br2N3O/c1-8-5-9(6-13(17-2)18-8)14(20)19-12-4-3-10(15)7-11(12)16/h3-7H,1-2H3,(H,17,18)(H,19,20). The molecule has 0 atom stereocenters. The van der Waals surface area contributed by atoms with Gasteiger partial charge in [0.15, 0.2) is 0 Å². The molecule has 6 heteroatoms. The van der Waals surface area contributed by atoms with Crippen LogP contribution in [0.4, 0.5) is 11.5 Å². The highest BCUT2D eigenvalue weighted by Crippen LogP contribution is 2.26. The van der Waals surface area contributed by atoms with E-state index in [9.17, 15) is 4.79 Å². The first-order valence-corrected chi connectivity index (χ1v) is 7.51. The number of nitrogens with one attached hydrogen (secondary N) is 2. The van der Waals surface area contributed by atoms with Crippen molar-refractivity contribution in [3.05, 3.63) is 50.5 Å². The molecule has 0 saturated carbocycles. The first kappa shape index (κ1) is 15.0. The van der Waals surface area contributed by atoms with E-state index in [1.54, 1.807) is 19.2 Å². The average molecular weight is 399 g/mol. The van der Waals surface area contributed by atoms with Crippen LogP contribution in [0.2, 0.25) is 0 Å². The largest absolute Gasteiger partial charge is 0.373 e. The molecule has 1 amide bonds. The number of anilines is 2. The number of nitrogens with zero attached hydrogens (tertiary/aromatic N) is 1. The molecule has 20 heavy (non-hydrogen) atoms. The van der Waals surface area contributed by atoms with Crippen LogP contribution in [0, 0.1) is 6.92 Å². The van der Waals surface area contributed by atoms with Gasteiger partial charge in [0.2, 0.25) is 0 Å². The fourth-order valence-electron chi connectivity index (χ4n) is 1.71. The third kappa shape index (κ3) is 3.58. The Balaban J connectivity index is 2.26. The normalized spacial score (nSPS) is 10.2. The van der Waals surface area contributed by atoms with Gasteiger partial charge < -0.3 is 10.6 Å². The van der Waals surface area contributed by atoms with Crippen molar-refractivity contribution in [2.45, 2.75) is 6.92 Å². The van der Waals surface area contributed by atoms with E-state index in [4.69, 9.17) is 0 Å². The summed E-state index contributed by atoms with van der Waals surface area (Å²) in [5, 5.41) is 5.81. The lowest BCUT2D eigenvalue weighted by Gasteiger charge is -2.09. The number of aryl methyl sites for hydroxylation is 1. The number of carbonyl (C=O) groups is 1. The number of hydrogen-bond donors (Lipinski definition) is 2. The minimum Gasteiger partial charge on any atom is -0.373 e. The van der Waals surface area contributed by atoms with Gasteiger partial charge in [0, 0.05) is 27.3 Å². The Labute approximate surface area is 134 Å². The molecule has 0 bridgehead atoms. The van der Waals surface area contributed by atoms with Crippen LogP contribution in [0.15, 0.2) is 39.3 Å². The number of benzene rings is 1. The minimum absolute atomic E-state index is 0.171. The van der Waals surface area contributed by atoms with E-state index in [2.05, 4.69) is 47.5 Å². The number of hydrogen-bond acceptors (Lipinski definition) is 3. The fourth-order valence-corrected chi connectivity index (χ4v) is 2.86. The number of aromatic nitrogens is 1. The SMILES string of the molecule is CNc1cc(C(=O)Nc2ccc(Br)cc2Br)cc(C)n1. The molecule has 0 aliphatic rings. The van der Waals surface area contributed by atoms with Crippen molar-refractivity contribution in [2.24, 2.45) is 0 Å². The molecule has 1 aromatic heterocycles. The highest BCUT2D eigenvalue weighted by Gasteiger charge is 2.10. The molecule has 0 fully saturated rings. The van der Waals surface area contributed by atoms with Crippen molar-refractivity contribution in [1.29, 1.82) is 0 Å². The number of carbonyl (C=O) groups excluding carboxylic acids is 1. The molecule has 2 N–H and O–H groups in total. The Kier molecular flexibility index (Phi) is 4.77. The Hall–Kier alpha value is -1.40. The lowest BCUT2D eigenvalue weighted by molar-refractivity contribution is 0.102. The van der Waals surface area contributed by atoms with E-state index >= 15 is 0 Å². The molecule has 0 aliphatic heterocycles. The second-order valence-corrected chi connectivity index (χ2v) is 5.98. The Morgan fingerprint density at radius 2 is 1.95 bits per heavy atom. The van der Waals surface area contributed by atoms with Gasteiger partial charge in [-0.05, 0) is 53.2 Å². The predicted molar refractivity (Wildman–Crippen MR) is 88.3 cm³/mol. The van der Waals surface area contributed by atoms with Gasteiger partial charge >= 0.3 is 0 Å². The van der Waals surface area contributed by atoms with Crippen molar-refractivity contribution in [1.82, 2.24) is 4.98 Å². The molecular formula is C14H13Br2N3O. The summed E-state index contributed by atoms with van der Waals surface area (Å²) >= 11 is 6.80. The predicted octanol–water partition coefficient (Wildman–Crippen LogP) is 4.21. The van der Waals surface area contributed by atoms with Crippen LogP contribution in [0.25, 0.3) is 0 Å². The summed E-state index contributed by atoms with van der Waals surface area (Å²) < 4.78 is 1.76. The van der Waals surface area contributed by atoms with Crippen LogP contribution >= 0.6 is 31.9 Å².